The fourth-order valence-electron chi connectivity index (χ4n) is 3.68. The topological polar surface area (TPSA) is 17.8 Å². The van der Waals surface area contributed by atoms with Gasteiger partial charge in [0.1, 0.15) is 11.6 Å². The second-order valence-electron chi connectivity index (χ2n) is 6.72. The average molecular weight is 309 g/mol. The third-order valence-corrected chi connectivity index (χ3v) is 4.99. The lowest BCUT2D eigenvalue weighted by Gasteiger charge is -2.40. The molecule has 0 amide bonds. The summed E-state index contributed by atoms with van der Waals surface area (Å²) in [7, 11) is 0. The van der Waals surface area contributed by atoms with Crippen molar-refractivity contribution in [2.45, 2.75) is 52.0 Å². The van der Waals surface area contributed by atoms with Gasteiger partial charge in [0.25, 0.3) is 0 Å². The zero-order chi connectivity index (χ0) is 15.0. The maximum atomic E-state index is 13.7. The lowest BCUT2D eigenvalue weighted by Crippen LogP contribution is -2.31. The molecule has 2 aromatic rings. The summed E-state index contributed by atoms with van der Waals surface area (Å²) in [6.07, 6.45) is 5.56. The van der Waals surface area contributed by atoms with Crippen LogP contribution in [0.25, 0.3) is 11.0 Å². The number of halogens is 2. The Morgan fingerprint density at radius 3 is 2.90 bits per heavy atom. The van der Waals surface area contributed by atoms with E-state index in [1.165, 1.54) is 25.3 Å². The lowest BCUT2D eigenvalue weighted by molar-refractivity contribution is 0.145. The van der Waals surface area contributed by atoms with Crippen molar-refractivity contribution in [2.24, 2.45) is 5.41 Å². The van der Waals surface area contributed by atoms with Crippen LogP contribution in [0.4, 0.5) is 4.39 Å². The molecule has 1 aromatic heterocycles. The summed E-state index contributed by atoms with van der Waals surface area (Å²) in [5.41, 5.74) is 1.99. The van der Waals surface area contributed by atoms with Crippen LogP contribution in [0.15, 0.2) is 18.2 Å². The van der Waals surface area contributed by atoms with E-state index in [-0.39, 0.29) is 11.2 Å². The normalized spacial score (nSPS) is 21.8. The summed E-state index contributed by atoms with van der Waals surface area (Å²) in [6.45, 7) is 4.62. The number of hydrogen-bond donors (Lipinski definition) is 0. The second kappa shape index (κ2) is 5.60. The van der Waals surface area contributed by atoms with Crippen molar-refractivity contribution in [1.29, 1.82) is 0 Å². The number of aryl methyl sites for hydroxylation is 1. The molecule has 0 aliphatic heterocycles. The van der Waals surface area contributed by atoms with Gasteiger partial charge in [0, 0.05) is 18.3 Å². The van der Waals surface area contributed by atoms with Crippen molar-refractivity contribution >= 4 is 22.6 Å². The van der Waals surface area contributed by atoms with Crippen molar-refractivity contribution in [1.82, 2.24) is 9.55 Å². The monoisotopic (exact) mass is 308 g/mol. The van der Waals surface area contributed by atoms with E-state index in [1.807, 2.05) is 0 Å². The number of hydrogen-bond acceptors (Lipinski definition) is 1. The van der Waals surface area contributed by atoms with Gasteiger partial charge in [-0.05, 0) is 36.5 Å². The molecular formula is C17H22ClFN2. The van der Waals surface area contributed by atoms with Gasteiger partial charge in [0.2, 0.25) is 0 Å². The van der Waals surface area contributed by atoms with Crippen LogP contribution in [0.2, 0.25) is 0 Å². The molecule has 1 atom stereocenters. The van der Waals surface area contributed by atoms with E-state index >= 15 is 0 Å². The van der Waals surface area contributed by atoms with Crippen molar-refractivity contribution in [2.75, 3.05) is 5.88 Å². The number of alkyl halides is 1. The third-order valence-electron chi connectivity index (χ3n) is 4.81. The van der Waals surface area contributed by atoms with Gasteiger partial charge < -0.3 is 4.57 Å². The number of rotatable bonds is 3. The third kappa shape index (κ3) is 2.68. The van der Waals surface area contributed by atoms with Gasteiger partial charge in [-0.15, -0.1) is 11.6 Å². The molecule has 1 heterocycles. The standard InChI is InChI=1S/C17H22ClFN2/c1-17(2)9-4-3-5-15(17)21-14-11-12(19)6-7-13(14)20-16(21)8-10-18/h6-7,11,15H,3-5,8-10H2,1-2H3. The highest BCUT2D eigenvalue weighted by molar-refractivity contribution is 6.17. The van der Waals surface area contributed by atoms with E-state index in [0.717, 1.165) is 29.7 Å². The summed E-state index contributed by atoms with van der Waals surface area (Å²) in [5, 5.41) is 0. The van der Waals surface area contributed by atoms with E-state index < -0.39 is 0 Å². The van der Waals surface area contributed by atoms with Gasteiger partial charge in [-0.2, -0.15) is 0 Å². The molecule has 0 radical (unpaired) electrons. The zero-order valence-electron chi connectivity index (χ0n) is 12.7. The molecule has 1 aliphatic rings. The van der Waals surface area contributed by atoms with Gasteiger partial charge in [-0.3, -0.25) is 0 Å². The minimum absolute atomic E-state index is 0.199. The van der Waals surface area contributed by atoms with Crippen molar-refractivity contribution < 1.29 is 4.39 Å². The van der Waals surface area contributed by atoms with E-state index in [0.29, 0.717) is 11.9 Å². The number of fused-ring (bicyclic) bond motifs is 1. The smallest absolute Gasteiger partial charge is 0.125 e. The first-order valence-corrected chi connectivity index (χ1v) is 8.29. The van der Waals surface area contributed by atoms with Crippen LogP contribution in [-0.2, 0) is 6.42 Å². The summed E-state index contributed by atoms with van der Waals surface area (Å²) in [4.78, 5) is 4.70. The van der Waals surface area contributed by atoms with E-state index in [4.69, 9.17) is 16.6 Å². The molecule has 1 aromatic carbocycles. The Kier molecular flexibility index (Phi) is 3.96. The fourth-order valence-corrected chi connectivity index (χ4v) is 3.85. The first-order valence-electron chi connectivity index (χ1n) is 7.75. The highest BCUT2D eigenvalue weighted by Crippen LogP contribution is 2.45. The summed E-state index contributed by atoms with van der Waals surface area (Å²) >= 11 is 5.95. The summed E-state index contributed by atoms with van der Waals surface area (Å²) in [5.74, 6) is 1.33. The number of nitrogens with zero attached hydrogens (tertiary/aromatic N) is 2. The predicted molar refractivity (Wildman–Crippen MR) is 85.4 cm³/mol. The molecule has 1 saturated carbocycles. The van der Waals surface area contributed by atoms with Crippen molar-refractivity contribution in [3.63, 3.8) is 0 Å². The molecule has 0 bridgehead atoms. The van der Waals surface area contributed by atoms with Gasteiger partial charge in [-0.1, -0.05) is 26.7 Å². The minimum atomic E-state index is -0.199. The Hall–Kier alpha value is -1.09. The Labute approximate surface area is 130 Å². The second-order valence-corrected chi connectivity index (χ2v) is 7.10. The molecule has 4 heteroatoms. The van der Waals surface area contributed by atoms with Gasteiger partial charge in [-0.25, -0.2) is 9.37 Å². The highest BCUT2D eigenvalue weighted by atomic mass is 35.5. The van der Waals surface area contributed by atoms with Crippen LogP contribution >= 0.6 is 11.6 Å². The lowest BCUT2D eigenvalue weighted by atomic mass is 9.73. The van der Waals surface area contributed by atoms with Crippen LogP contribution in [0.5, 0.6) is 0 Å². The van der Waals surface area contributed by atoms with Crippen LogP contribution in [0, 0.1) is 11.2 Å². The predicted octanol–water partition coefficient (Wildman–Crippen LogP) is 5.10. The SMILES string of the molecule is CC1(C)CCCCC1n1c(CCCl)nc2ccc(F)cc21. The fraction of sp³-hybridized carbons (Fsp3) is 0.588. The average Bonchev–Trinajstić information content (AvgIpc) is 2.76. The van der Waals surface area contributed by atoms with Crippen LogP contribution in [0.1, 0.15) is 51.4 Å². The van der Waals surface area contributed by atoms with Crippen molar-refractivity contribution in [3.8, 4) is 0 Å². The Morgan fingerprint density at radius 2 is 2.19 bits per heavy atom. The molecule has 0 saturated heterocycles. The molecule has 1 unspecified atom stereocenters. The van der Waals surface area contributed by atoms with Crippen molar-refractivity contribution in [3.05, 3.63) is 29.8 Å². The molecule has 1 aliphatic carbocycles. The molecular weight excluding hydrogens is 287 g/mol. The number of aromatic nitrogens is 2. The molecule has 3 rings (SSSR count). The van der Waals surface area contributed by atoms with Crippen LogP contribution in [0.3, 0.4) is 0 Å². The first kappa shape index (κ1) is 14.8. The number of benzene rings is 1. The van der Waals surface area contributed by atoms with Crippen LogP contribution in [-0.4, -0.2) is 15.4 Å². The first-order chi connectivity index (χ1) is 10.0. The molecule has 0 N–H and O–H groups in total. The highest BCUT2D eigenvalue weighted by Gasteiger charge is 2.35. The van der Waals surface area contributed by atoms with E-state index in [1.54, 1.807) is 12.1 Å². The zero-order valence-corrected chi connectivity index (χ0v) is 13.5. The van der Waals surface area contributed by atoms with Crippen LogP contribution < -0.4 is 0 Å². The summed E-state index contributed by atoms with van der Waals surface area (Å²) in [6, 6.07) is 5.24. The van der Waals surface area contributed by atoms with E-state index in [9.17, 15) is 4.39 Å². The largest absolute Gasteiger partial charge is 0.324 e. The molecule has 1 fully saturated rings. The maximum absolute atomic E-state index is 13.7. The van der Waals surface area contributed by atoms with E-state index in [2.05, 4.69) is 18.4 Å². The Bertz CT molecular complexity index is 648. The minimum Gasteiger partial charge on any atom is -0.324 e. The Morgan fingerprint density at radius 1 is 1.38 bits per heavy atom. The molecule has 114 valence electrons. The Balaban J connectivity index is 2.18. The molecule has 0 spiro atoms. The quantitative estimate of drug-likeness (QED) is 0.721. The van der Waals surface area contributed by atoms with Gasteiger partial charge >= 0.3 is 0 Å². The molecule has 2 nitrogen and oxygen atoms in total. The number of imidazole rings is 1. The summed E-state index contributed by atoms with van der Waals surface area (Å²) < 4.78 is 16.0. The maximum Gasteiger partial charge on any atom is 0.125 e. The molecule has 21 heavy (non-hydrogen) atoms. The van der Waals surface area contributed by atoms with Gasteiger partial charge in [0.15, 0.2) is 0 Å². The van der Waals surface area contributed by atoms with Gasteiger partial charge in [0.05, 0.1) is 11.0 Å².